The maximum Gasteiger partial charge on any atom is 0.392 e. The first-order valence-corrected chi connectivity index (χ1v) is 8.99. The fourth-order valence-electron chi connectivity index (χ4n) is 2.33. The molecule has 0 N–H and O–H groups in total. The Morgan fingerprint density at radius 2 is 1.40 bits per heavy atom. The zero-order chi connectivity index (χ0) is 19.5. The third kappa shape index (κ3) is 8.59. The van der Waals surface area contributed by atoms with E-state index in [0.29, 0.717) is 12.8 Å². The van der Waals surface area contributed by atoms with E-state index < -0.39 is 35.9 Å². The first-order chi connectivity index (χ1) is 11.6. The van der Waals surface area contributed by atoms with E-state index in [1.807, 2.05) is 13.8 Å². The van der Waals surface area contributed by atoms with Gasteiger partial charge in [0.25, 0.3) is 0 Å². The van der Waals surface area contributed by atoms with Crippen molar-refractivity contribution >= 4 is 11.9 Å². The number of halogens is 3. The standard InChI is InChI=1S/C18H31F3O4/c1-5-7-9-11-24-15(22)13-17(4,14(3)18(19,20)21)16(23)25-12-10-8-6-2/h14H,5-13H2,1-4H3. The van der Waals surface area contributed by atoms with Gasteiger partial charge in [-0.1, -0.05) is 46.5 Å². The fourth-order valence-corrected chi connectivity index (χ4v) is 2.33. The second kappa shape index (κ2) is 11.4. The van der Waals surface area contributed by atoms with Crippen molar-refractivity contribution in [2.24, 2.45) is 11.3 Å². The monoisotopic (exact) mass is 368 g/mol. The fraction of sp³-hybridized carbons (Fsp3) is 0.889. The number of rotatable bonds is 12. The summed E-state index contributed by atoms with van der Waals surface area (Å²) in [4.78, 5) is 24.2. The summed E-state index contributed by atoms with van der Waals surface area (Å²) in [6, 6.07) is 0. The van der Waals surface area contributed by atoms with Gasteiger partial charge in [0.05, 0.1) is 31.0 Å². The van der Waals surface area contributed by atoms with Crippen molar-refractivity contribution in [1.29, 1.82) is 0 Å². The van der Waals surface area contributed by atoms with Gasteiger partial charge in [-0.25, -0.2) is 0 Å². The van der Waals surface area contributed by atoms with Crippen molar-refractivity contribution in [2.45, 2.75) is 78.8 Å². The molecule has 0 aliphatic carbocycles. The highest BCUT2D eigenvalue weighted by Crippen LogP contribution is 2.43. The maximum absolute atomic E-state index is 13.2. The lowest BCUT2D eigenvalue weighted by Crippen LogP contribution is -2.45. The second-order valence-electron chi connectivity index (χ2n) is 6.63. The van der Waals surface area contributed by atoms with E-state index in [1.165, 1.54) is 0 Å². The largest absolute Gasteiger partial charge is 0.466 e. The normalized spacial score (nSPS) is 15.3. The van der Waals surface area contributed by atoms with Gasteiger partial charge in [-0.2, -0.15) is 13.2 Å². The summed E-state index contributed by atoms with van der Waals surface area (Å²) in [5.41, 5.74) is -1.99. The van der Waals surface area contributed by atoms with Crippen LogP contribution in [0.4, 0.5) is 13.2 Å². The summed E-state index contributed by atoms with van der Waals surface area (Å²) in [6.07, 6.45) is -0.509. The molecule has 0 aliphatic heterocycles. The van der Waals surface area contributed by atoms with E-state index in [4.69, 9.17) is 9.47 Å². The van der Waals surface area contributed by atoms with E-state index >= 15 is 0 Å². The van der Waals surface area contributed by atoms with E-state index in [-0.39, 0.29) is 13.2 Å². The van der Waals surface area contributed by atoms with Crippen LogP contribution in [0.2, 0.25) is 0 Å². The van der Waals surface area contributed by atoms with Crippen molar-refractivity contribution in [2.75, 3.05) is 13.2 Å². The van der Waals surface area contributed by atoms with Gasteiger partial charge in [-0.15, -0.1) is 0 Å². The number of carbonyl (C=O) groups excluding carboxylic acids is 2. The third-order valence-corrected chi connectivity index (χ3v) is 4.42. The molecule has 148 valence electrons. The van der Waals surface area contributed by atoms with Gasteiger partial charge in [0.15, 0.2) is 0 Å². The summed E-state index contributed by atoms with van der Waals surface area (Å²) < 4.78 is 49.6. The minimum Gasteiger partial charge on any atom is -0.466 e. The molecule has 0 saturated heterocycles. The molecule has 0 saturated carbocycles. The van der Waals surface area contributed by atoms with E-state index in [9.17, 15) is 22.8 Å². The van der Waals surface area contributed by atoms with Gasteiger partial charge in [0, 0.05) is 0 Å². The Hall–Kier alpha value is -1.27. The van der Waals surface area contributed by atoms with Crippen LogP contribution in [0.15, 0.2) is 0 Å². The molecule has 4 nitrogen and oxygen atoms in total. The zero-order valence-corrected chi connectivity index (χ0v) is 15.7. The number of unbranched alkanes of at least 4 members (excludes halogenated alkanes) is 4. The molecular formula is C18H31F3O4. The molecule has 2 atom stereocenters. The number of carbonyl (C=O) groups is 2. The van der Waals surface area contributed by atoms with Crippen molar-refractivity contribution in [3.05, 3.63) is 0 Å². The van der Waals surface area contributed by atoms with Crippen LogP contribution in [0.5, 0.6) is 0 Å². The lowest BCUT2D eigenvalue weighted by molar-refractivity contribution is -0.213. The van der Waals surface area contributed by atoms with E-state index in [1.54, 1.807) is 0 Å². The van der Waals surface area contributed by atoms with Gasteiger partial charge < -0.3 is 9.47 Å². The van der Waals surface area contributed by atoms with Crippen molar-refractivity contribution in [1.82, 2.24) is 0 Å². The van der Waals surface area contributed by atoms with Crippen LogP contribution in [0, 0.1) is 11.3 Å². The van der Waals surface area contributed by atoms with Gasteiger partial charge in [-0.3, -0.25) is 9.59 Å². The molecule has 0 heterocycles. The van der Waals surface area contributed by atoms with Crippen LogP contribution in [0.1, 0.15) is 72.6 Å². The minimum atomic E-state index is -4.61. The van der Waals surface area contributed by atoms with Gasteiger partial charge in [0.2, 0.25) is 0 Å². The first kappa shape index (κ1) is 23.7. The molecule has 2 unspecified atom stereocenters. The molecule has 0 amide bonds. The average molecular weight is 368 g/mol. The van der Waals surface area contributed by atoms with E-state index in [2.05, 4.69) is 0 Å². The molecule has 7 heteroatoms. The third-order valence-electron chi connectivity index (χ3n) is 4.42. The molecule has 0 aromatic rings. The summed E-state index contributed by atoms with van der Waals surface area (Å²) in [5.74, 6) is -3.82. The Morgan fingerprint density at radius 1 is 0.920 bits per heavy atom. The van der Waals surface area contributed by atoms with Crippen LogP contribution >= 0.6 is 0 Å². The Morgan fingerprint density at radius 3 is 1.84 bits per heavy atom. The highest BCUT2D eigenvalue weighted by atomic mass is 19.4. The number of ether oxygens (including phenoxy) is 2. The highest BCUT2D eigenvalue weighted by Gasteiger charge is 2.54. The summed E-state index contributed by atoms with van der Waals surface area (Å²) >= 11 is 0. The molecule has 0 spiro atoms. The second-order valence-corrected chi connectivity index (χ2v) is 6.63. The topological polar surface area (TPSA) is 52.6 Å². The van der Waals surface area contributed by atoms with Crippen LogP contribution in [0.25, 0.3) is 0 Å². The first-order valence-electron chi connectivity index (χ1n) is 8.99. The molecule has 0 aliphatic rings. The molecule has 0 aromatic heterocycles. The predicted octanol–water partition coefficient (Wildman–Crippen LogP) is 5.05. The lowest BCUT2D eigenvalue weighted by Gasteiger charge is -2.33. The molecular weight excluding hydrogens is 337 g/mol. The number of hydrogen-bond acceptors (Lipinski definition) is 4. The number of esters is 2. The smallest absolute Gasteiger partial charge is 0.392 e. The van der Waals surface area contributed by atoms with Crippen molar-refractivity contribution in [3.63, 3.8) is 0 Å². The average Bonchev–Trinajstić information content (AvgIpc) is 2.53. The van der Waals surface area contributed by atoms with Crippen LogP contribution < -0.4 is 0 Å². The number of hydrogen-bond donors (Lipinski definition) is 0. The zero-order valence-electron chi connectivity index (χ0n) is 15.7. The Labute approximate surface area is 148 Å². The van der Waals surface area contributed by atoms with Crippen molar-refractivity contribution in [3.8, 4) is 0 Å². The Kier molecular flexibility index (Phi) is 10.8. The highest BCUT2D eigenvalue weighted by molar-refractivity contribution is 5.83. The van der Waals surface area contributed by atoms with Gasteiger partial charge in [-0.05, 0) is 19.8 Å². The SMILES string of the molecule is CCCCCOC(=O)CC(C)(C(=O)OCCCCC)C(C)C(F)(F)F. The molecule has 0 fully saturated rings. The van der Waals surface area contributed by atoms with Gasteiger partial charge in [0.1, 0.15) is 0 Å². The van der Waals surface area contributed by atoms with Crippen molar-refractivity contribution < 1.29 is 32.2 Å². The summed E-state index contributed by atoms with van der Waals surface area (Å²) in [5, 5.41) is 0. The number of alkyl halides is 3. The lowest BCUT2D eigenvalue weighted by atomic mass is 9.75. The van der Waals surface area contributed by atoms with Gasteiger partial charge >= 0.3 is 18.1 Å². The Balaban J connectivity index is 4.95. The quantitative estimate of drug-likeness (QED) is 0.357. The van der Waals surface area contributed by atoms with Crippen LogP contribution in [-0.4, -0.2) is 31.3 Å². The summed E-state index contributed by atoms with van der Waals surface area (Å²) in [6.45, 7) is 6.18. The molecule has 0 bridgehead atoms. The Bertz CT molecular complexity index is 410. The minimum absolute atomic E-state index is 0.0540. The van der Waals surface area contributed by atoms with E-state index in [0.717, 1.165) is 39.5 Å². The van der Waals surface area contributed by atoms with Crippen LogP contribution in [-0.2, 0) is 19.1 Å². The molecule has 0 aromatic carbocycles. The molecule has 0 rings (SSSR count). The molecule has 0 radical (unpaired) electrons. The van der Waals surface area contributed by atoms with Crippen LogP contribution in [0.3, 0.4) is 0 Å². The molecule has 25 heavy (non-hydrogen) atoms. The predicted molar refractivity (Wildman–Crippen MR) is 88.9 cm³/mol. The maximum atomic E-state index is 13.2. The summed E-state index contributed by atoms with van der Waals surface area (Å²) in [7, 11) is 0.